The highest BCUT2D eigenvalue weighted by atomic mass is 35.5. The van der Waals surface area contributed by atoms with Gasteiger partial charge in [-0.2, -0.15) is 0 Å². The maximum atomic E-state index is 5.74. The van der Waals surface area contributed by atoms with Gasteiger partial charge < -0.3 is 19.5 Å². The Morgan fingerprint density at radius 1 is 0.885 bits per heavy atom. The van der Waals surface area contributed by atoms with Crippen molar-refractivity contribution in [2.45, 2.75) is 31.7 Å². The monoisotopic (exact) mass is 406 g/mol. The van der Waals surface area contributed by atoms with Gasteiger partial charge in [-0.25, -0.2) is 0 Å². The van der Waals surface area contributed by atoms with Crippen molar-refractivity contribution in [2.24, 2.45) is 5.92 Å². The molecule has 1 saturated heterocycles. The first-order valence-corrected chi connectivity index (χ1v) is 9.03. The number of hydrogen-bond acceptors (Lipinski definition) is 5. The van der Waals surface area contributed by atoms with E-state index >= 15 is 0 Å². The minimum atomic E-state index is 0. The standard InChI is InChI=1S/C19H30N2O3.2ClH/c1-22-16-13-18(24-3)17(23-2)12-15(16)19(14-6-4-5-7-14)21-10-8-20-9-11-21;;/h12-14,19-20H,4-11H2,1-3H3;2*1H/t19-;;/m0../s1. The third-order valence-electron chi connectivity index (χ3n) is 5.45. The molecule has 0 bridgehead atoms. The Bertz CT molecular complexity index is 548. The number of nitrogens with zero attached hydrogens (tertiary/aromatic N) is 1. The Hall–Kier alpha value is -0.880. The Kier molecular flexibility index (Phi) is 9.86. The quantitative estimate of drug-likeness (QED) is 0.779. The van der Waals surface area contributed by atoms with Gasteiger partial charge in [0, 0.05) is 43.9 Å². The first-order valence-electron chi connectivity index (χ1n) is 9.03. The summed E-state index contributed by atoms with van der Waals surface area (Å²) in [6.45, 7) is 4.27. The maximum absolute atomic E-state index is 5.74. The third kappa shape index (κ3) is 4.89. The largest absolute Gasteiger partial charge is 0.496 e. The van der Waals surface area contributed by atoms with Crippen molar-refractivity contribution in [3.8, 4) is 17.2 Å². The highest BCUT2D eigenvalue weighted by Gasteiger charge is 2.34. The number of nitrogens with one attached hydrogen (secondary N) is 1. The summed E-state index contributed by atoms with van der Waals surface area (Å²) in [5, 5.41) is 3.46. The molecule has 0 spiro atoms. The second-order valence-corrected chi connectivity index (χ2v) is 6.72. The summed E-state index contributed by atoms with van der Waals surface area (Å²) in [5.74, 6) is 3.10. The van der Waals surface area contributed by atoms with Crippen LogP contribution in [0, 0.1) is 5.92 Å². The normalized spacial score (nSPS) is 19.2. The molecule has 1 atom stereocenters. The highest BCUT2D eigenvalue weighted by molar-refractivity contribution is 5.85. The SMILES string of the molecule is COc1cc(OC)c([C@H](C2CCCC2)N2CCNCC2)cc1OC.Cl.Cl. The highest BCUT2D eigenvalue weighted by Crippen LogP contribution is 2.46. The van der Waals surface area contributed by atoms with E-state index < -0.39 is 0 Å². The van der Waals surface area contributed by atoms with E-state index in [1.807, 2.05) is 6.07 Å². The van der Waals surface area contributed by atoms with E-state index in [1.165, 1.54) is 31.2 Å². The van der Waals surface area contributed by atoms with Crippen LogP contribution in [0.15, 0.2) is 12.1 Å². The lowest BCUT2D eigenvalue weighted by Gasteiger charge is -2.39. The molecular weight excluding hydrogens is 375 g/mol. The number of piperazine rings is 1. The third-order valence-corrected chi connectivity index (χ3v) is 5.45. The molecule has 2 aliphatic rings. The van der Waals surface area contributed by atoms with Gasteiger partial charge in [0.15, 0.2) is 11.5 Å². The Morgan fingerprint density at radius 3 is 1.96 bits per heavy atom. The van der Waals surface area contributed by atoms with E-state index in [1.54, 1.807) is 21.3 Å². The van der Waals surface area contributed by atoms with Gasteiger partial charge in [-0.1, -0.05) is 12.8 Å². The molecule has 1 saturated carbocycles. The summed E-state index contributed by atoms with van der Waals surface area (Å²) in [5.41, 5.74) is 1.24. The van der Waals surface area contributed by atoms with Crippen molar-refractivity contribution in [1.82, 2.24) is 10.2 Å². The molecule has 5 nitrogen and oxygen atoms in total. The molecule has 1 aromatic carbocycles. The van der Waals surface area contributed by atoms with Crippen LogP contribution in [-0.2, 0) is 0 Å². The van der Waals surface area contributed by atoms with Crippen LogP contribution in [0.4, 0.5) is 0 Å². The van der Waals surface area contributed by atoms with Crippen LogP contribution < -0.4 is 19.5 Å². The van der Waals surface area contributed by atoms with Crippen molar-refractivity contribution in [1.29, 1.82) is 0 Å². The van der Waals surface area contributed by atoms with Gasteiger partial charge >= 0.3 is 0 Å². The zero-order valence-corrected chi connectivity index (χ0v) is 17.6. The number of halogens is 2. The van der Waals surface area contributed by atoms with Gasteiger partial charge in [0.25, 0.3) is 0 Å². The van der Waals surface area contributed by atoms with Crippen molar-refractivity contribution in [2.75, 3.05) is 47.5 Å². The lowest BCUT2D eigenvalue weighted by molar-refractivity contribution is 0.123. The molecule has 0 aromatic heterocycles. The van der Waals surface area contributed by atoms with Gasteiger partial charge in [0.2, 0.25) is 0 Å². The average Bonchev–Trinajstić information content (AvgIpc) is 3.16. The fraction of sp³-hybridized carbons (Fsp3) is 0.684. The van der Waals surface area contributed by atoms with Crippen LogP contribution in [0.5, 0.6) is 17.2 Å². The van der Waals surface area contributed by atoms with Crippen molar-refractivity contribution >= 4 is 24.8 Å². The van der Waals surface area contributed by atoms with Crippen molar-refractivity contribution < 1.29 is 14.2 Å². The van der Waals surface area contributed by atoms with E-state index in [-0.39, 0.29) is 24.8 Å². The van der Waals surface area contributed by atoms with E-state index in [0.29, 0.717) is 12.0 Å². The van der Waals surface area contributed by atoms with Crippen LogP contribution in [0.2, 0.25) is 0 Å². The van der Waals surface area contributed by atoms with Gasteiger partial charge in [0.1, 0.15) is 5.75 Å². The summed E-state index contributed by atoms with van der Waals surface area (Å²) in [6, 6.07) is 4.49. The summed E-state index contributed by atoms with van der Waals surface area (Å²) >= 11 is 0. The van der Waals surface area contributed by atoms with E-state index in [9.17, 15) is 0 Å². The summed E-state index contributed by atoms with van der Waals surface area (Å²) < 4.78 is 16.8. The lowest BCUT2D eigenvalue weighted by Crippen LogP contribution is -2.46. The minimum absolute atomic E-state index is 0. The Labute approximate surface area is 169 Å². The second kappa shape index (κ2) is 11.1. The Morgan fingerprint density at radius 2 is 1.42 bits per heavy atom. The molecule has 1 heterocycles. The number of benzene rings is 1. The fourth-order valence-electron chi connectivity index (χ4n) is 4.27. The number of rotatable bonds is 6. The van der Waals surface area contributed by atoms with Crippen LogP contribution in [-0.4, -0.2) is 52.4 Å². The molecule has 26 heavy (non-hydrogen) atoms. The zero-order valence-electron chi connectivity index (χ0n) is 16.0. The fourth-order valence-corrected chi connectivity index (χ4v) is 4.27. The summed E-state index contributed by atoms with van der Waals surface area (Å²) in [6.07, 6.45) is 5.27. The zero-order chi connectivity index (χ0) is 16.9. The predicted molar refractivity (Wildman–Crippen MR) is 110 cm³/mol. The molecule has 0 unspecified atom stereocenters. The summed E-state index contributed by atoms with van der Waals surface area (Å²) in [7, 11) is 5.11. The first kappa shape index (κ1) is 23.2. The molecule has 0 radical (unpaired) electrons. The number of hydrogen-bond donors (Lipinski definition) is 1. The molecule has 1 aliphatic carbocycles. The topological polar surface area (TPSA) is 43.0 Å². The molecule has 150 valence electrons. The smallest absolute Gasteiger partial charge is 0.164 e. The van der Waals surface area contributed by atoms with Crippen LogP contribution >= 0.6 is 24.8 Å². The molecule has 3 rings (SSSR count). The molecule has 2 fully saturated rings. The van der Waals surface area contributed by atoms with Gasteiger partial charge in [-0.15, -0.1) is 24.8 Å². The van der Waals surface area contributed by atoms with Crippen molar-refractivity contribution in [3.63, 3.8) is 0 Å². The molecule has 1 aromatic rings. The summed E-state index contributed by atoms with van der Waals surface area (Å²) in [4.78, 5) is 2.62. The van der Waals surface area contributed by atoms with E-state index in [4.69, 9.17) is 14.2 Å². The molecule has 7 heteroatoms. The number of methoxy groups -OCH3 is 3. The van der Waals surface area contributed by atoms with Gasteiger partial charge in [-0.05, 0) is 24.8 Å². The van der Waals surface area contributed by atoms with Crippen molar-refractivity contribution in [3.05, 3.63) is 17.7 Å². The molecule has 1 N–H and O–H groups in total. The van der Waals surface area contributed by atoms with E-state index in [0.717, 1.165) is 43.4 Å². The second-order valence-electron chi connectivity index (χ2n) is 6.72. The van der Waals surface area contributed by atoms with Gasteiger partial charge in [0.05, 0.1) is 21.3 Å². The number of ether oxygens (including phenoxy) is 3. The Balaban J connectivity index is 0.00000169. The first-order chi connectivity index (χ1) is 11.8. The lowest BCUT2D eigenvalue weighted by atomic mass is 9.88. The minimum Gasteiger partial charge on any atom is -0.496 e. The molecular formula is C19H32Cl2N2O3. The molecule has 1 aliphatic heterocycles. The maximum Gasteiger partial charge on any atom is 0.164 e. The molecule has 0 amide bonds. The van der Waals surface area contributed by atoms with E-state index in [2.05, 4.69) is 16.3 Å². The van der Waals surface area contributed by atoms with Crippen LogP contribution in [0.25, 0.3) is 0 Å². The van der Waals surface area contributed by atoms with Gasteiger partial charge in [-0.3, -0.25) is 4.90 Å². The predicted octanol–water partition coefficient (Wildman–Crippen LogP) is 3.69. The average molecular weight is 407 g/mol. The van der Waals surface area contributed by atoms with Crippen LogP contribution in [0.3, 0.4) is 0 Å². The van der Waals surface area contributed by atoms with Crippen LogP contribution in [0.1, 0.15) is 37.3 Å².